The molecule has 9 heteroatoms. The molecule has 1 amide bonds. The lowest BCUT2D eigenvalue weighted by molar-refractivity contribution is -0.113. The number of amides is 1. The van der Waals surface area contributed by atoms with E-state index < -0.39 is 10.0 Å². The van der Waals surface area contributed by atoms with E-state index in [9.17, 15) is 13.2 Å². The van der Waals surface area contributed by atoms with Crippen molar-refractivity contribution in [3.05, 3.63) is 46.5 Å². The summed E-state index contributed by atoms with van der Waals surface area (Å²) in [5.74, 6) is 1.15. The molecule has 1 aromatic heterocycles. The maximum atomic E-state index is 12.1. The van der Waals surface area contributed by atoms with Crippen LogP contribution in [0.25, 0.3) is 0 Å². The van der Waals surface area contributed by atoms with Gasteiger partial charge in [-0.2, -0.15) is 4.31 Å². The number of sulfonamides is 1. The van der Waals surface area contributed by atoms with Crippen LogP contribution in [0.3, 0.4) is 0 Å². The average Bonchev–Trinajstić information content (AvgIpc) is 3.03. The fraction of sp³-hybridized carbons (Fsp3) is 0.412. The lowest BCUT2D eigenvalue weighted by Crippen LogP contribution is -2.36. The molecular formula is C17H21N3O3S3. The minimum absolute atomic E-state index is 0.0879. The topological polar surface area (TPSA) is 79.4 Å². The summed E-state index contributed by atoms with van der Waals surface area (Å²) in [6.07, 6.45) is 0.587. The standard InChI is InChI=1S/C17H21N3O3S3/c1-2-26(22,23)20-9-8-14-15(10-20)25-17(18-14)19-16(21)12-24-11-13-6-4-3-5-7-13/h3-7H,2,8-12H2,1H3,(H,18,19,21). The number of nitrogens with one attached hydrogen (secondary N) is 1. The van der Waals surface area contributed by atoms with Crippen LogP contribution in [0.5, 0.6) is 0 Å². The van der Waals surface area contributed by atoms with E-state index in [-0.39, 0.29) is 11.7 Å². The van der Waals surface area contributed by atoms with Gasteiger partial charge in [0.2, 0.25) is 15.9 Å². The maximum absolute atomic E-state index is 12.1. The van der Waals surface area contributed by atoms with E-state index in [0.29, 0.717) is 30.4 Å². The molecule has 1 aliphatic rings. The van der Waals surface area contributed by atoms with Crippen LogP contribution < -0.4 is 5.32 Å². The van der Waals surface area contributed by atoms with Crippen molar-refractivity contribution >= 4 is 44.2 Å². The molecule has 0 unspecified atom stereocenters. The molecule has 0 radical (unpaired) electrons. The summed E-state index contributed by atoms with van der Waals surface area (Å²) in [4.78, 5) is 17.5. The summed E-state index contributed by atoms with van der Waals surface area (Å²) in [7, 11) is -3.19. The molecule has 1 N–H and O–H groups in total. The molecule has 0 fully saturated rings. The Morgan fingerprint density at radius 2 is 2.12 bits per heavy atom. The summed E-state index contributed by atoms with van der Waals surface area (Å²) >= 11 is 2.92. The number of thiazole rings is 1. The van der Waals surface area contributed by atoms with Crippen molar-refractivity contribution < 1.29 is 13.2 Å². The second kappa shape index (κ2) is 8.51. The predicted octanol–water partition coefficient (Wildman–Crippen LogP) is 2.72. The number of hydrogen-bond acceptors (Lipinski definition) is 6. The van der Waals surface area contributed by atoms with Gasteiger partial charge >= 0.3 is 0 Å². The Hall–Kier alpha value is -1.42. The molecule has 0 atom stereocenters. The quantitative estimate of drug-likeness (QED) is 0.758. The van der Waals surface area contributed by atoms with E-state index in [1.165, 1.54) is 21.2 Å². The Balaban J connectivity index is 1.53. The van der Waals surface area contributed by atoms with Crippen LogP contribution in [0, 0.1) is 0 Å². The minimum atomic E-state index is -3.19. The Morgan fingerprint density at radius 3 is 2.85 bits per heavy atom. The van der Waals surface area contributed by atoms with Gasteiger partial charge in [-0.15, -0.1) is 23.1 Å². The van der Waals surface area contributed by atoms with Gasteiger partial charge in [0.05, 0.1) is 17.2 Å². The highest BCUT2D eigenvalue weighted by Gasteiger charge is 2.28. The third-order valence-electron chi connectivity index (χ3n) is 4.05. The monoisotopic (exact) mass is 411 g/mol. The van der Waals surface area contributed by atoms with Crippen LogP contribution >= 0.6 is 23.1 Å². The zero-order valence-electron chi connectivity index (χ0n) is 14.5. The van der Waals surface area contributed by atoms with E-state index >= 15 is 0 Å². The lowest BCUT2D eigenvalue weighted by Gasteiger charge is -2.24. The van der Waals surface area contributed by atoms with Gasteiger partial charge < -0.3 is 5.32 Å². The van der Waals surface area contributed by atoms with E-state index in [2.05, 4.69) is 10.3 Å². The van der Waals surface area contributed by atoms with Gasteiger partial charge in [-0.05, 0) is 12.5 Å². The lowest BCUT2D eigenvalue weighted by atomic mass is 10.2. The Bertz CT molecular complexity index is 866. The molecule has 1 aromatic carbocycles. The van der Waals surface area contributed by atoms with Gasteiger partial charge in [-0.3, -0.25) is 4.79 Å². The predicted molar refractivity (Wildman–Crippen MR) is 107 cm³/mol. The normalized spacial score (nSPS) is 14.8. The summed E-state index contributed by atoms with van der Waals surface area (Å²) in [5.41, 5.74) is 2.08. The van der Waals surface area contributed by atoms with Crippen LogP contribution in [-0.2, 0) is 33.5 Å². The molecule has 0 spiro atoms. The Kier molecular flexibility index (Phi) is 6.33. The molecule has 2 aromatic rings. The average molecular weight is 412 g/mol. The van der Waals surface area contributed by atoms with Gasteiger partial charge in [-0.25, -0.2) is 13.4 Å². The number of hydrogen-bond donors (Lipinski definition) is 1. The van der Waals surface area contributed by atoms with E-state index in [4.69, 9.17) is 0 Å². The molecule has 3 rings (SSSR count). The van der Waals surface area contributed by atoms with Gasteiger partial charge in [0.15, 0.2) is 5.13 Å². The molecule has 6 nitrogen and oxygen atoms in total. The summed E-state index contributed by atoms with van der Waals surface area (Å²) < 4.78 is 25.5. The van der Waals surface area contributed by atoms with E-state index in [1.807, 2.05) is 30.3 Å². The van der Waals surface area contributed by atoms with Gasteiger partial charge in [0, 0.05) is 30.1 Å². The first-order valence-corrected chi connectivity index (χ1v) is 11.9. The third kappa shape index (κ3) is 4.85. The molecule has 0 saturated heterocycles. The fourth-order valence-corrected chi connectivity index (χ4v) is 5.61. The summed E-state index contributed by atoms with van der Waals surface area (Å²) in [6, 6.07) is 10.0. The van der Waals surface area contributed by atoms with Gasteiger partial charge in [-0.1, -0.05) is 30.3 Å². The number of fused-ring (bicyclic) bond motifs is 1. The highest BCUT2D eigenvalue weighted by molar-refractivity contribution is 7.99. The van der Waals surface area contributed by atoms with Crippen molar-refractivity contribution in [2.24, 2.45) is 0 Å². The molecule has 2 heterocycles. The maximum Gasteiger partial charge on any atom is 0.236 e. The van der Waals surface area contributed by atoms with E-state index in [1.54, 1.807) is 18.7 Å². The molecule has 0 aliphatic carbocycles. The Morgan fingerprint density at radius 1 is 1.35 bits per heavy atom. The van der Waals surface area contributed by atoms with Crippen LogP contribution in [0.1, 0.15) is 23.1 Å². The molecule has 0 bridgehead atoms. The van der Waals surface area contributed by atoms with Crippen molar-refractivity contribution in [2.75, 3.05) is 23.4 Å². The first-order chi connectivity index (χ1) is 12.5. The first-order valence-electron chi connectivity index (χ1n) is 8.36. The number of aromatic nitrogens is 1. The van der Waals surface area contributed by atoms with Gasteiger partial charge in [0.25, 0.3) is 0 Å². The zero-order chi connectivity index (χ0) is 18.6. The number of carbonyl (C=O) groups excluding carboxylic acids is 1. The SMILES string of the molecule is CCS(=O)(=O)N1CCc2nc(NC(=O)CSCc3ccccc3)sc2C1. The van der Waals surface area contributed by atoms with Crippen molar-refractivity contribution in [3.8, 4) is 0 Å². The number of thioether (sulfide) groups is 1. The fourth-order valence-electron chi connectivity index (χ4n) is 2.64. The highest BCUT2D eigenvalue weighted by atomic mass is 32.2. The van der Waals surface area contributed by atoms with Crippen molar-refractivity contribution in [2.45, 2.75) is 25.6 Å². The second-order valence-electron chi connectivity index (χ2n) is 5.90. The van der Waals surface area contributed by atoms with Crippen LogP contribution in [0.4, 0.5) is 5.13 Å². The largest absolute Gasteiger partial charge is 0.301 e. The van der Waals surface area contributed by atoms with E-state index in [0.717, 1.165) is 16.3 Å². The van der Waals surface area contributed by atoms with Crippen molar-refractivity contribution in [1.29, 1.82) is 0 Å². The molecular weight excluding hydrogens is 390 g/mol. The number of nitrogens with zero attached hydrogens (tertiary/aromatic N) is 2. The van der Waals surface area contributed by atoms with Crippen molar-refractivity contribution in [3.63, 3.8) is 0 Å². The van der Waals surface area contributed by atoms with Crippen LogP contribution in [0.15, 0.2) is 30.3 Å². The van der Waals surface area contributed by atoms with Crippen LogP contribution in [-0.4, -0.2) is 41.7 Å². The highest BCUT2D eigenvalue weighted by Crippen LogP contribution is 2.29. The molecule has 0 saturated carbocycles. The third-order valence-corrected chi connectivity index (χ3v) is 7.88. The van der Waals surface area contributed by atoms with Crippen LogP contribution in [0.2, 0.25) is 0 Å². The molecule has 140 valence electrons. The summed E-state index contributed by atoms with van der Waals surface area (Å²) in [5, 5.41) is 3.38. The number of anilines is 1. The smallest absolute Gasteiger partial charge is 0.236 e. The summed E-state index contributed by atoms with van der Waals surface area (Å²) in [6.45, 7) is 2.45. The number of rotatable bonds is 7. The zero-order valence-corrected chi connectivity index (χ0v) is 16.9. The second-order valence-corrected chi connectivity index (χ2v) is 10.2. The molecule has 1 aliphatic heterocycles. The minimum Gasteiger partial charge on any atom is -0.301 e. The first kappa shape index (κ1) is 19.3. The number of carbonyl (C=O) groups is 1. The number of benzene rings is 1. The van der Waals surface area contributed by atoms with Crippen molar-refractivity contribution in [1.82, 2.24) is 9.29 Å². The van der Waals surface area contributed by atoms with Gasteiger partial charge in [0.1, 0.15) is 0 Å². The molecule has 26 heavy (non-hydrogen) atoms. The Labute approximate surface area is 162 Å².